The molecular formula is C11H12BrNO2. The Morgan fingerprint density at radius 2 is 2.07 bits per heavy atom. The highest BCUT2D eigenvalue weighted by atomic mass is 79.9. The van der Waals surface area contributed by atoms with Gasteiger partial charge in [-0.25, -0.2) is 0 Å². The van der Waals surface area contributed by atoms with E-state index in [2.05, 4.69) is 21.2 Å². The zero-order valence-electron chi connectivity index (χ0n) is 8.85. The number of amides is 1. The maximum Gasteiger partial charge on any atom is 0.234 e. The number of carbonyl (C=O) groups excluding carboxylic acids is 1. The molecule has 0 fully saturated rings. The van der Waals surface area contributed by atoms with E-state index in [0.717, 1.165) is 21.5 Å². The molecular weight excluding hydrogens is 258 g/mol. The summed E-state index contributed by atoms with van der Waals surface area (Å²) < 4.78 is 5.98. The van der Waals surface area contributed by atoms with Gasteiger partial charge in [-0.3, -0.25) is 4.79 Å². The van der Waals surface area contributed by atoms with Crippen LogP contribution in [0.5, 0.6) is 5.75 Å². The molecule has 80 valence electrons. The first-order chi connectivity index (χ1) is 6.98. The van der Waals surface area contributed by atoms with Gasteiger partial charge in [0.25, 0.3) is 0 Å². The predicted molar refractivity (Wildman–Crippen MR) is 62.3 cm³/mol. The summed E-state index contributed by atoms with van der Waals surface area (Å²) >= 11 is 3.43. The highest BCUT2D eigenvalue weighted by Gasteiger charge is 2.39. The molecule has 15 heavy (non-hydrogen) atoms. The largest absolute Gasteiger partial charge is 0.495 e. The molecule has 0 aliphatic carbocycles. The van der Waals surface area contributed by atoms with Crippen molar-refractivity contribution in [3.63, 3.8) is 0 Å². The number of benzene rings is 1. The molecule has 0 radical (unpaired) electrons. The van der Waals surface area contributed by atoms with E-state index >= 15 is 0 Å². The lowest BCUT2D eigenvalue weighted by molar-refractivity contribution is -0.119. The highest BCUT2D eigenvalue weighted by molar-refractivity contribution is 9.10. The second-order valence-electron chi connectivity index (χ2n) is 4.08. The molecule has 1 amide bonds. The van der Waals surface area contributed by atoms with Crippen LogP contribution in [-0.4, -0.2) is 13.0 Å². The van der Waals surface area contributed by atoms with Gasteiger partial charge in [0.1, 0.15) is 5.75 Å². The van der Waals surface area contributed by atoms with Crippen molar-refractivity contribution in [2.45, 2.75) is 19.3 Å². The molecule has 0 aromatic heterocycles. The van der Waals surface area contributed by atoms with Gasteiger partial charge in [-0.1, -0.05) is 6.07 Å². The van der Waals surface area contributed by atoms with Crippen molar-refractivity contribution in [2.24, 2.45) is 0 Å². The third kappa shape index (κ3) is 1.35. The van der Waals surface area contributed by atoms with Crippen molar-refractivity contribution in [3.05, 3.63) is 22.2 Å². The molecule has 0 saturated heterocycles. The maximum absolute atomic E-state index is 11.7. The Morgan fingerprint density at radius 3 is 2.67 bits per heavy atom. The Kier molecular flexibility index (Phi) is 2.26. The lowest BCUT2D eigenvalue weighted by atomic mass is 9.86. The molecule has 4 heteroatoms. The van der Waals surface area contributed by atoms with E-state index in [4.69, 9.17) is 4.74 Å². The van der Waals surface area contributed by atoms with Crippen LogP contribution >= 0.6 is 15.9 Å². The van der Waals surface area contributed by atoms with Gasteiger partial charge in [0.2, 0.25) is 5.91 Å². The summed E-state index contributed by atoms with van der Waals surface area (Å²) in [4.78, 5) is 11.7. The lowest BCUT2D eigenvalue weighted by Crippen LogP contribution is -2.26. The number of fused-ring (bicyclic) bond motifs is 1. The predicted octanol–water partition coefficient (Wildman–Crippen LogP) is 2.69. The Hall–Kier alpha value is -1.03. The normalized spacial score (nSPS) is 17.2. The van der Waals surface area contributed by atoms with Crippen LogP contribution in [0.1, 0.15) is 19.4 Å². The fourth-order valence-corrected chi connectivity index (χ4v) is 2.36. The first-order valence-electron chi connectivity index (χ1n) is 4.67. The summed E-state index contributed by atoms with van der Waals surface area (Å²) in [6.07, 6.45) is 0. The molecule has 0 bridgehead atoms. The van der Waals surface area contributed by atoms with Gasteiger partial charge in [0, 0.05) is 0 Å². The first kappa shape index (κ1) is 10.5. The minimum Gasteiger partial charge on any atom is -0.495 e. The van der Waals surface area contributed by atoms with Gasteiger partial charge >= 0.3 is 0 Å². The number of hydrogen-bond acceptors (Lipinski definition) is 2. The fourth-order valence-electron chi connectivity index (χ4n) is 1.75. The van der Waals surface area contributed by atoms with Gasteiger partial charge < -0.3 is 10.1 Å². The Morgan fingerprint density at radius 1 is 1.40 bits per heavy atom. The van der Waals surface area contributed by atoms with Crippen LogP contribution in [0.3, 0.4) is 0 Å². The van der Waals surface area contributed by atoms with Crippen molar-refractivity contribution in [3.8, 4) is 5.75 Å². The second kappa shape index (κ2) is 3.23. The van der Waals surface area contributed by atoms with Crippen molar-refractivity contribution in [1.82, 2.24) is 0 Å². The number of hydrogen-bond donors (Lipinski definition) is 1. The average molecular weight is 270 g/mol. The van der Waals surface area contributed by atoms with Gasteiger partial charge in [0.05, 0.1) is 22.7 Å². The second-order valence-corrected chi connectivity index (χ2v) is 4.88. The summed E-state index contributed by atoms with van der Waals surface area (Å²) in [5.74, 6) is 0.748. The van der Waals surface area contributed by atoms with Crippen molar-refractivity contribution < 1.29 is 9.53 Å². The van der Waals surface area contributed by atoms with Gasteiger partial charge in [-0.05, 0) is 41.4 Å². The summed E-state index contributed by atoms with van der Waals surface area (Å²) in [6, 6.07) is 3.79. The van der Waals surface area contributed by atoms with Crippen LogP contribution in [0.2, 0.25) is 0 Å². The number of methoxy groups -OCH3 is 1. The van der Waals surface area contributed by atoms with E-state index in [-0.39, 0.29) is 5.91 Å². The molecule has 0 spiro atoms. The fraction of sp³-hybridized carbons (Fsp3) is 0.364. The molecule has 3 nitrogen and oxygen atoms in total. The molecule has 1 N–H and O–H groups in total. The molecule has 0 atom stereocenters. The maximum atomic E-state index is 11.7. The van der Waals surface area contributed by atoms with E-state index in [9.17, 15) is 4.79 Å². The van der Waals surface area contributed by atoms with E-state index in [1.165, 1.54) is 0 Å². The minimum absolute atomic E-state index is 0.0199. The monoisotopic (exact) mass is 269 g/mol. The van der Waals surface area contributed by atoms with Crippen LogP contribution in [0.15, 0.2) is 16.6 Å². The number of anilines is 1. The van der Waals surface area contributed by atoms with Crippen LogP contribution in [0, 0.1) is 0 Å². The molecule has 1 aliphatic rings. The standard InChI is InChI=1S/C11H12BrNO2/c1-11(2)6-4-5-7(15-3)8(12)9(6)13-10(11)14/h4-5H,1-3H3,(H,13,14). The first-order valence-corrected chi connectivity index (χ1v) is 5.46. The molecule has 1 aromatic carbocycles. The van der Waals surface area contributed by atoms with E-state index < -0.39 is 5.41 Å². The number of halogens is 1. The minimum atomic E-state index is -0.468. The van der Waals surface area contributed by atoms with E-state index in [1.54, 1.807) is 7.11 Å². The topological polar surface area (TPSA) is 38.3 Å². The van der Waals surface area contributed by atoms with Gasteiger partial charge in [-0.2, -0.15) is 0 Å². The quantitative estimate of drug-likeness (QED) is 0.852. The lowest BCUT2D eigenvalue weighted by Gasteiger charge is -2.15. The number of ether oxygens (including phenoxy) is 1. The molecule has 0 unspecified atom stereocenters. The van der Waals surface area contributed by atoms with E-state index in [0.29, 0.717) is 0 Å². The third-order valence-electron chi connectivity index (χ3n) is 2.81. The number of carbonyl (C=O) groups is 1. The Labute approximate surface area is 96.9 Å². The zero-order chi connectivity index (χ0) is 11.2. The average Bonchev–Trinajstić information content (AvgIpc) is 2.41. The molecule has 0 saturated carbocycles. The summed E-state index contributed by atoms with van der Waals surface area (Å²) in [6.45, 7) is 3.82. The Bertz CT molecular complexity index is 440. The summed E-state index contributed by atoms with van der Waals surface area (Å²) in [7, 11) is 1.61. The zero-order valence-corrected chi connectivity index (χ0v) is 10.4. The third-order valence-corrected chi connectivity index (χ3v) is 3.59. The summed E-state index contributed by atoms with van der Waals surface area (Å²) in [5, 5.41) is 2.86. The summed E-state index contributed by atoms with van der Waals surface area (Å²) in [5.41, 5.74) is 1.36. The molecule has 1 aromatic rings. The van der Waals surface area contributed by atoms with Gasteiger partial charge in [0.15, 0.2) is 0 Å². The molecule has 1 heterocycles. The van der Waals surface area contributed by atoms with Crippen LogP contribution in [0.25, 0.3) is 0 Å². The molecule has 1 aliphatic heterocycles. The number of nitrogens with one attached hydrogen (secondary N) is 1. The SMILES string of the molecule is COc1ccc2c(c1Br)NC(=O)C2(C)C. The smallest absolute Gasteiger partial charge is 0.234 e. The molecule has 2 rings (SSSR count). The van der Waals surface area contributed by atoms with Crippen molar-refractivity contribution in [2.75, 3.05) is 12.4 Å². The highest BCUT2D eigenvalue weighted by Crippen LogP contribution is 2.45. The Balaban J connectivity index is 2.64. The van der Waals surface area contributed by atoms with Crippen LogP contribution in [-0.2, 0) is 10.2 Å². The van der Waals surface area contributed by atoms with Crippen molar-refractivity contribution in [1.29, 1.82) is 0 Å². The number of rotatable bonds is 1. The van der Waals surface area contributed by atoms with Crippen LogP contribution < -0.4 is 10.1 Å². The van der Waals surface area contributed by atoms with E-state index in [1.807, 2.05) is 26.0 Å². The van der Waals surface area contributed by atoms with Crippen LogP contribution in [0.4, 0.5) is 5.69 Å². The van der Waals surface area contributed by atoms with Gasteiger partial charge in [-0.15, -0.1) is 0 Å². The van der Waals surface area contributed by atoms with Crippen molar-refractivity contribution >= 4 is 27.5 Å².